The van der Waals surface area contributed by atoms with Crippen LogP contribution in [-0.2, 0) is 23.2 Å². The number of aryl methyl sites for hydroxylation is 1. The van der Waals surface area contributed by atoms with Gasteiger partial charge in [-0.25, -0.2) is 18.1 Å². The molecule has 0 radical (unpaired) electrons. The van der Waals surface area contributed by atoms with Crippen LogP contribution in [0.25, 0.3) is 0 Å². The van der Waals surface area contributed by atoms with Crippen molar-refractivity contribution >= 4 is 21.4 Å². The van der Waals surface area contributed by atoms with E-state index >= 15 is 0 Å². The smallest absolute Gasteiger partial charge is 0.250 e. The summed E-state index contributed by atoms with van der Waals surface area (Å²) in [5.41, 5.74) is 0. The van der Waals surface area contributed by atoms with Crippen molar-refractivity contribution in [2.24, 2.45) is 0 Å². The number of nitrogens with one attached hydrogen (secondary N) is 1. The van der Waals surface area contributed by atoms with Crippen molar-refractivity contribution in [1.82, 2.24) is 14.3 Å². The van der Waals surface area contributed by atoms with E-state index in [4.69, 9.17) is 5.11 Å². The third-order valence-electron chi connectivity index (χ3n) is 2.75. The number of rotatable bonds is 8. The number of aliphatic hydroxyl groups excluding tert-OH is 1. The summed E-state index contributed by atoms with van der Waals surface area (Å²) in [4.78, 5) is 4.59. The average molecular weight is 315 g/mol. The summed E-state index contributed by atoms with van der Waals surface area (Å²) in [7, 11) is -3.45. The standard InChI is InChI=1S/C12H17N3O3S2/c16-9-11-3-4-12(19-11)20(17,18)14-5-1-2-7-15-8-6-13-10-15/h3-4,6,8,10,14,16H,1-2,5,7,9H2. The van der Waals surface area contributed by atoms with Gasteiger partial charge in [0, 0.05) is 30.4 Å². The molecular weight excluding hydrogens is 298 g/mol. The van der Waals surface area contributed by atoms with Crippen LogP contribution in [0.3, 0.4) is 0 Å². The number of unbranched alkanes of at least 4 members (excludes halogenated alkanes) is 1. The van der Waals surface area contributed by atoms with E-state index in [-0.39, 0.29) is 10.8 Å². The maximum atomic E-state index is 12.0. The molecule has 8 heteroatoms. The van der Waals surface area contributed by atoms with Gasteiger partial charge in [0.15, 0.2) is 0 Å². The number of hydrogen-bond acceptors (Lipinski definition) is 5. The normalized spacial score (nSPS) is 11.8. The highest BCUT2D eigenvalue weighted by Crippen LogP contribution is 2.21. The summed E-state index contributed by atoms with van der Waals surface area (Å²) >= 11 is 1.09. The van der Waals surface area contributed by atoms with Crippen LogP contribution in [0, 0.1) is 0 Å². The maximum absolute atomic E-state index is 12.0. The zero-order chi connectivity index (χ0) is 14.4. The molecule has 0 fully saturated rings. The van der Waals surface area contributed by atoms with Crippen LogP contribution in [0.2, 0.25) is 0 Å². The summed E-state index contributed by atoms with van der Waals surface area (Å²) in [6.07, 6.45) is 6.98. The molecule has 0 saturated carbocycles. The Balaban J connectivity index is 1.75. The third-order valence-corrected chi connectivity index (χ3v) is 5.77. The predicted octanol–water partition coefficient (Wildman–Crippen LogP) is 1.20. The molecular formula is C12H17N3O3S2. The van der Waals surface area contributed by atoms with Gasteiger partial charge in [-0.15, -0.1) is 11.3 Å². The summed E-state index contributed by atoms with van der Waals surface area (Å²) < 4.78 is 28.7. The molecule has 0 unspecified atom stereocenters. The van der Waals surface area contributed by atoms with Gasteiger partial charge in [-0.2, -0.15) is 0 Å². The topological polar surface area (TPSA) is 84.2 Å². The Kier molecular flexibility index (Phi) is 5.30. The second-order valence-electron chi connectivity index (χ2n) is 4.28. The fourth-order valence-electron chi connectivity index (χ4n) is 1.70. The van der Waals surface area contributed by atoms with E-state index in [1.54, 1.807) is 18.6 Å². The van der Waals surface area contributed by atoms with Gasteiger partial charge in [-0.05, 0) is 25.0 Å². The predicted molar refractivity (Wildman–Crippen MR) is 76.9 cm³/mol. The average Bonchev–Trinajstić information content (AvgIpc) is 3.09. The van der Waals surface area contributed by atoms with Crippen molar-refractivity contribution in [3.05, 3.63) is 35.7 Å². The third kappa shape index (κ3) is 4.14. The molecule has 2 aromatic rings. The molecule has 2 rings (SSSR count). The molecule has 0 aliphatic carbocycles. The molecule has 0 aromatic carbocycles. The zero-order valence-corrected chi connectivity index (χ0v) is 12.5. The highest BCUT2D eigenvalue weighted by atomic mass is 32.2. The zero-order valence-electron chi connectivity index (χ0n) is 10.9. The van der Waals surface area contributed by atoms with Gasteiger partial charge in [-0.1, -0.05) is 0 Å². The monoisotopic (exact) mass is 315 g/mol. The van der Waals surface area contributed by atoms with Crippen molar-refractivity contribution in [2.75, 3.05) is 6.54 Å². The lowest BCUT2D eigenvalue weighted by Gasteiger charge is -2.05. The number of aromatic nitrogens is 2. The molecule has 2 heterocycles. The Morgan fingerprint density at radius 1 is 1.35 bits per heavy atom. The van der Waals surface area contributed by atoms with Gasteiger partial charge in [0.2, 0.25) is 10.0 Å². The van der Waals surface area contributed by atoms with Crippen LogP contribution in [0.4, 0.5) is 0 Å². The van der Waals surface area contributed by atoms with Crippen molar-refractivity contribution < 1.29 is 13.5 Å². The van der Waals surface area contributed by atoms with Crippen LogP contribution in [0.1, 0.15) is 17.7 Å². The minimum atomic E-state index is -3.45. The Labute approximate surface area is 122 Å². The Bertz CT molecular complexity index is 620. The highest BCUT2D eigenvalue weighted by Gasteiger charge is 2.15. The second kappa shape index (κ2) is 6.98. The van der Waals surface area contributed by atoms with Gasteiger partial charge in [0.05, 0.1) is 12.9 Å². The van der Waals surface area contributed by atoms with E-state index < -0.39 is 10.0 Å². The van der Waals surface area contributed by atoms with Gasteiger partial charge < -0.3 is 9.67 Å². The number of hydrogen-bond donors (Lipinski definition) is 2. The highest BCUT2D eigenvalue weighted by molar-refractivity contribution is 7.91. The van der Waals surface area contributed by atoms with Crippen LogP contribution < -0.4 is 4.72 Å². The number of nitrogens with zero attached hydrogens (tertiary/aromatic N) is 2. The molecule has 0 saturated heterocycles. The van der Waals surface area contributed by atoms with E-state index in [0.29, 0.717) is 11.4 Å². The first-order valence-electron chi connectivity index (χ1n) is 6.27. The molecule has 6 nitrogen and oxygen atoms in total. The molecule has 110 valence electrons. The SMILES string of the molecule is O=S(=O)(NCCCCn1ccnc1)c1ccc(CO)s1. The van der Waals surface area contributed by atoms with Crippen molar-refractivity contribution in [2.45, 2.75) is 30.2 Å². The Hall–Kier alpha value is -1.22. The largest absolute Gasteiger partial charge is 0.391 e. The van der Waals surface area contributed by atoms with Crippen molar-refractivity contribution in [3.8, 4) is 0 Å². The first-order chi connectivity index (χ1) is 9.62. The lowest BCUT2D eigenvalue weighted by atomic mass is 10.3. The second-order valence-corrected chi connectivity index (χ2v) is 7.45. The van der Waals surface area contributed by atoms with E-state index in [9.17, 15) is 8.42 Å². The number of aliphatic hydroxyl groups is 1. The lowest BCUT2D eigenvalue weighted by molar-refractivity contribution is 0.285. The lowest BCUT2D eigenvalue weighted by Crippen LogP contribution is -2.24. The first-order valence-corrected chi connectivity index (χ1v) is 8.57. The minimum Gasteiger partial charge on any atom is -0.391 e. The van der Waals surface area contributed by atoms with Crippen LogP contribution in [-0.4, -0.2) is 29.6 Å². The Morgan fingerprint density at radius 3 is 2.85 bits per heavy atom. The van der Waals surface area contributed by atoms with E-state index in [0.717, 1.165) is 30.7 Å². The summed E-state index contributed by atoms with van der Waals surface area (Å²) in [6, 6.07) is 3.14. The Morgan fingerprint density at radius 2 is 2.20 bits per heavy atom. The van der Waals surface area contributed by atoms with E-state index in [2.05, 4.69) is 9.71 Å². The fraction of sp³-hybridized carbons (Fsp3) is 0.417. The molecule has 0 aliphatic heterocycles. The van der Waals surface area contributed by atoms with E-state index in [1.165, 1.54) is 6.07 Å². The van der Waals surface area contributed by atoms with Gasteiger partial charge in [0.1, 0.15) is 4.21 Å². The quantitative estimate of drug-likeness (QED) is 0.717. The van der Waals surface area contributed by atoms with Crippen molar-refractivity contribution in [3.63, 3.8) is 0 Å². The summed E-state index contributed by atoms with van der Waals surface area (Å²) in [6.45, 7) is 1.10. The molecule has 20 heavy (non-hydrogen) atoms. The van der Waals surface area contributed by atoms with Crippen LogP contribution >= 0.6 is 11.3 Å². The minimum absolute atomic E-state index is 0.134. The number of thiophene rings is 1. The van der Waals surface area contributed by atoms with Gasteiger partial charge in [-0.3, -0.25) is 0 Å². The van der Waals surface area contributed by atoms with E-state index in [1.807, 2.05) is 10.8 Å². The van der Waals surface area contributed by atoms with Crippen LogP contribution in [0.15, 0.2) is 35.1 Å². The molecule has 2 N–H and O–H groups in total. The molecule has 0 bridgehead atoms. The molecule has 0 spiro atoms. The molecule has 2 aromatic heterocycles. The summed E-state index contributed by atoms with van der Waals surface area (Å²) in [5.74, 6) is 0. The first kappa shape index (κ1) is 15.2. The van der Waals surface area contributed by atoms with Crippen LogP contribution in [0.5, 0.6) is 0 Å². The number of imidazole rings is 1. The molecule has 0 atom stereocenters. The maximum Gasteiger partial charge on any atom is 0.250 e. The number of sulfonamides is 1. The van der Waals surface area contributed by atoms with Gasteiger partial charge in [0.25, 0.3) is 0 Å². The fourth-order valence-corrected chi connectivity index (χ4v) is 4.04. The van der Waals surface area contributed by atoms with Gasteiger partial charge >= 0.3 is 0 Å². The summed E-state index contributed by atoms with van der Waals surface area (Å²) in [5, 5.41) is 8.94. The molecule has 0 aliphatic rings. The van der Waals surface area contributed by atoms with Crippen molar-refractivity contribution in [1.29, 1.82) is 0 Å². The molecule has 0 amide bonds.